The fraction of sp³-hybridized carbons (Fsp3) is 0.333. The second kappa shape index (κ2) is 8.18. The Kier molecular flexibility index (Phi) is 5.57. The number of fused-ring (bicyclic) bond motifs is 2. The van der Waals surface area contributed by atoms with Gasteiger partial charge in [-0.2, -0.15) is 5.10 Å². The van der Waals surface area contributed by atoms with E-state index < -0.39 is 0 Å². The Morgan fingerprint density at radius 1 is 1.16 bits per heavy atom. The molecule has 1 N–H and O–H groups in total. The van der Waals surface area contributed by atoms with E-state index in [1.54, 1.807) is 6.21 Å². The first-order valence-electron chi connectivity index (χ1n) is 11.0. The van der Waals surface area contributed by atoms with Crippen LogP contribution >= 0.6 is 0 Å². The quantitative estimate of drug-likeness (QED) is 0.420. The molecule has 0 radical (unpaired) electrons. The van der Waals surface area contributed by atoms with E-state index in [4.69, 9.17) is 0 Å². The van der Waals surface area contributed by atoms with Gasteiger partial charge in [-0.25, -0.2) is 5.43 Å². The number of nitrogens with one attached hydrogen (secondary N) is 1. The summed E-state index contributed by atoms with van der Waals surface area (Å²) < 4.78 is 0. The second-order valence-electron chi connectivity index (χ2n) is 9.19. The van der Waals surface area contributed by atoms with Gasteiger partial charge in [-0.15, -0.1) is 0 Å². The van der Waals surface area contributed by atoms with E-state index >= 15 is 0 Å². The number of carbonyl (C=O) groups excluding carboxylic acids is 1. The maximum absolute atomic E-state index is 12.6. The van der Waals surface area contributed by atoms with Gasteiger partial charge in [-0.05, 0) is 91.8 Å². The molecule has 4 rings (SSSR count). The van der Waals surface area contributed by atoms with Crippen molar-refractivity contribution in [1.29, 1.82) is 0 Å². The molecule has 160 valence electrons. The van der Waals surface area contributed by atoms with Gasteiger partial charge in [-0.3, -0.25) is 4.79 Å². The van der Waals surface area contributed by atoms with Crippen molar-refractivity contribution in [3.8, 4) is 0 Å². The molecule has 0 spiro atoms. The van der Waals surface area contributed by atoms with Crippen molar-refractivity contribution in [2.75, 3.05) is 11.4 Å². The molecule has 0 bridgehead atoms. The smallest absolute Gasteiger partial charge is 0.271 e. The van der Waals surface area contributed by atoms with E-state index in [1.807, 2.05) is 42.5 Å². The van der Waals surface area contributed by atoms with Gasteiger partial charge in [0.25, 0.3) is 5.91 Å². The van der Waals surface area contributed by atoms with Crippen molar-refractivity contribution in [3.63, 3.8) is 0 Å². The molecule has 1 aliphatic rings. The van der Waals surface area contributed by atoms with Gasteiger partial charge in [0.05, 0.1) is 6.21 Å². The van der Waals surface area contributed by atoms with Gasteiger partial charge >= 0.3 is 0 Å². The number of amides is 1. The molecule has 0 unspecified atom stereocenters. The molecule has 4 heteroatoms. The SMILES string of the molecule is CCN1c2cc(C)c(/C=N\NC(=O)c3ccc4ccccc4c3)cc2[C@H](C)CC1(C)C. The number of hydrazone groups is 1. The minimum atomic E-state index is -0.204. The number of aryl methyl sites for hydroxylation is 1. The fourth-order valence-corrected chi connectivity index (χ4v) is 4.94. The minimum Gasteiger partial charge on any atom is -0.366 e. The Labute approximate surface area is 185 Å². The second-order valence-corrected chi connectivity index (χ2v) is 9.19. The maximum atomic E-state index is 12.6. The number of rotatable bonds is 4. The molecule has 0 aromatic heterocycles. The highest BCUT2D eigenvalue weighted by atomic mass is 16.2. The van der Waals surface area contributed by atoms with Crippen LogP contribution in [0, 0.1) is 6.92 Å². The summed E-state index contributed by atoms with van der Waals surface area (Å²) in [7, 11) is 0. The molecule has 0 saturated carbocycles. The highest BCUT2D eigenvalue weighted by Crippen LogP contribution is 2.43. The third kappa shape index (κ3) is 4.07. The van der Waals surface area contributed by atoms with Gasteiger partial charge in [0.15, 0.2) is 0 Å². The van der Waals surface area contributed by atoms with Crippen LogP contribution in [0.2, 0.25) is 0 Å². The molecule has 0 saturated heterocycles. The molecule has 1 aliphatic heterocycles. The monoisotopic (exact) mass is 413 g/mol. The maximum Gasteiger partial charge on any atom is 0.271 e. The van der Waals surface area contributed by atoms with Crippen LogP contribution in [0.4, 0.5) is 5.69 Å². The number of hydrogen-bond acceptors (Lipinski definition) is 3. The first-order valence-corrected chi connectivity index (χ1v) is 11.0. The minimum absolute atomic E-state index is 0.150. The van der Waals surface area contributed by atoms with Crippen molar-refractivity contribution < 1.29 is 4.79 Å². The summed E-state index contributed by atoms with van der Waals surface area (Å²) in [4.78, 5) is 15.1. The molecule has 1 heterocycles. The number of hydrogen-bond donors (Lipinski definition) is 1. The highest BCUT2D eigenvalue weighted by Gasteiger charge is 2.35. The van der Waals surface area contributed by atoms with E-state index in [-0.39, 0.29) is 11.4 Å². The molecule has 1 atom stereocenters. The molecule has 4 nitrogen and oxygen atoms in total. The first-order chi connectivity index (χ1) is 14.8. The molecular weight excluding hydrogens is 382 g/mol. The van der Waals surface area contributed by atoms with Crippen molar-refractivity contribution in [1.82, 2.24) is 5.43 Å². The van der Waals surface area contributed by atoms with Gasteiger partial charge < -0.3 is 4.90 Å². The Morgan fingerprint density at radius 3 is 2.65 bits per heavy atom. The summed E-state index contributed by atoms with van der Waals surface area (Å²) in [6.07, 6.45) is 2.88. The van der Waals surface area contributed by atoms with E-state index in [0.717, 1.165) is 34.9 Å². The average molecular weight is 414 g/mol. The molecule has 3 aromatic carbocycles. The summed E-state index contributed by atoms with van der Waals surface area (Å²) in [6.45, 7) is 12.3. The van der Waals surface area contributed by atoms with Crippen LogP contribution in [0.3, 0.4) is 0 Å². The van der Waals surface area contributed by atoms with Crippen molar-refractivity contribution >= 4 is 28.6 Å². The Hall–Kier alpha value is -3.14. The van der Waals surface area contributed by atoms with Crippen LogP contribution in [0.25, 0.3) is 10.8 Å². The Balaban J connectivity index is 1.55. The lowest BCUT2D eigenvalue weighted by molar-refractivity contribution is 0.0955. The molecule has 3 aromatic rings. The van der Waals surface area contributed by atoms with Crippen LogP contribution in [0.15, 0.2) is 59.7 Å². The molecule has 0 fully saturated rings. The number of carbonyl (C=O) groups is 1. The zero-order chi connectivity index (χ0) is 22.2. The molecule has 0 aliphatic carbocycles. The first kappa shape index (κ1) is 21.1. The van der Waals surface area contributed by atoms with Crippen molar-refractivity contribution in [2.45, 2.75) is 52.5 Å². The standard InChI is InChI=1S/C27H31N3O/c1-6-30-25-13-18(2)23(15-24(25)19(3)16-27(30,4)5)17-28-29-26(31)22-12-11-20-9-7-8-10-21(20)14-22/h7-15,17,19H,6,16H2,1-5H3,(H,29,31)/b28-17-/t19-/m1/s1. The summed E-state index contributed by atoms with van der Waals surface area (Å²) in [5, 5.41) is 6.42. The predicted molar refractivity (Wildman–Crippen MR) is 130 cm³/mol. The van der Waals surface area contributed by atoms with E-state index in [0.29, 0.717) is 11.5 Å². The third-order valence-electron chi connectivity index (χ3n) is 6.47. The zero-order valence-electron chi connectivity index (χ0n) is 19.1. The van der Waals surface area contributed by atoms with Crippen LogP contribution in [-0.4, -0.2) is 24.2 Å². The lowest BCUT2D eigenvalue weighted by atomic mass is 9.79. The lowest BCUT2D eigenvalue weighted by Crippen LogP contribution is -2.48. The summed E-state index contributed by atoms with van der Waals surface area (Å²) in [6, 6.07) is 18.2. The zero-order valence-corrected chi connectivity index (χ0v) is 19.1. The Morgan fingerprint density at radius 2 is 1.90 bits per heavy atom. The molecule has 31 heavy (non-hydrogen) atoms. The number of nitrogens with zero attached hydrogens (tertiary/aromatic N) is 2. The largest absolute Gasteiger partial charge is 0.366 e. The van der Waals surface area contributed by atoms with E-state index in [1.165, 1.54) is 11.3 Å². The van der Waals surface area contributed by atoms with Gasteiger partial charge in [0.1, 0.15) is 0 Å². The predicted octanol–water partition coefficient (Wildman–Crippen LogP) is 6.02. The molecule has 1 amide bonds. The van der Waals surface area contributed by atoms with Crippen LogP contribution in [-0.2, 0) is 0 Å². The summed E-state index contributed by atoms with van der Waals surface area (Å²) >= 11 is 0. The summed E-state index contributed by atoms with van der Waals surface area (Å²) in [5.41, 5.74) is 8.31. The number of benzene rings is 3. The van der Waals surface area contributed by atoms with Crippen LogP contribution < -0.4 is 10.3 Å². The topological polar surface area (TPSA) is 44.7 Å². The summed E-state index contributed by atoms with van der Waals surface area (Å²) in [5.74, 6) is 0.276. The van der Waals surface area contributed by atoms with Gasteiger partial charge in [-0.1, -0.05) is 37.3 Å². The van der Waals surface area contributed by atoms with E-state index in [2.05, 4.69) is 62.2 Å². The van der Waals surface area contributed by atoms with Crippen molar-refractivity contribution in [3.05, 3.63) is 76.9 Å². The van der Waals surface area contributed by atoms with Crippen LogP contribution in [0.1, 0.15) is 67.1 Å². The fourth-order valence-electron chi connectivity index (χ4n) is 4.94. The lowest BCUT2D eigenvalue weighted by Gasteiger charge is -2.47. The number of anilines is 1. The van der Waals surface area contributed by atoms with E-state index in [9.17, 15) is 4.79 Å². The molecular formula is C27H31N3O. The van der Waals surface area contributed by atoms with Crippen molar-refractivity contribution in [2.24, 2.45) is 5.10 Å². The average Bonchev–Trinajstić information content (AvgIpc) is 2.73. The third-order valence-corrected chi connectivity index (χ3v) is 6.47. The normalized spacial score (nSPS) is 17.7. The van der Waals surface area contributed by atoms with Crippen LogP contribution in [0.5, 0.6) is 0 Å². The highest BCUT2D eigenvalue weighted by molar-refractivity contribution is 5.99. The van der Waals surface area contributed by atoms with Gasteiger partial charge in [0.2, 0.25) is 0 Å². The Bertz CT molecular complexity index is 1160. The van der Waals surface area contributed by atoms with Gasteiger partial charge in [0, 0.05) is 23.3 Å².